The molecular formula is C10H25N3O2S2. The lowest BCUT2D eigenvalue weighted by Crippen LogP contribution is -2.28. The van der Waals surface area contributed by atoms with Crippen LogP contribution >= 0.6 is 24.4 Å². The SMILES string of the molecule is CCCCN.CCN(CC)C(O)=S.NC(O)=S. The second kappa shape index (κ2) is 17.7. The highest BCUT2D eigenvalue weighted by Gasteiger charge is 1.98. The summed E-state index contributed by atoms with van der Waals surface area (Å²) >= 11 is 8.37. The van der Waals surface area contributed by atoms with E-state index in [1.54, 1.807) is 4.90 Å². The van der Waals surface area contributed by atoms with Crippen LogP contribution in [0.15, 0.2) is 0 Å². The van der Waals surface area contributed by atoms with Gasteiger partial charge in [0.05, 0.1) is 0 Å². The fourth-order valence-electron chi connectivity index (χ4n) is 0.698. The van der Waals surface area contributed by atoms with Crippen LogP contribution in [0.25, 0.3) is 0 Å². The minimum Gasteiger partial charge on any atom is -0.487 e. The summed E-state index contributed by atoms with van der Waals surface area (Å²) in [5, 5.41) is 15.7. The normalized spacial score (nSPS) is 8.00. The van der Waals surface area contributed by atoms with Crippen molar-refractivity contribution in [2.24, 2.45) is 11.5 Å². The molecule has 0 aliphatic carbocycles. The molecule has 0 unspecified atom stereocenters. The highest BCUT2D eigenvalue weighted by atomic mass is 32.1. The summed E-state index contributed by atoms with van der Waals surface area (Å²) < 4.78 is 0. The van der Waals surface area contributed by atoms with Crippen molar-refractivity contribution < 1.29 is 10.2 Å². The summed E-state index contributed by atoms with van der Waals surface area (Å²) in [6.07, 6.45) is 2.39. The molecule has 0 fully saturated rings. The van der Waals surface area contributed by atoms with Crippen LogP contribution in [0.3, 0.4) is 0 Å². The maximum atomic E-state index is 8.67. The predicted octanol–water partition coefficient (Wildman–Crippen LogP) is 1.70. The molecule has 0 aromatic heterocycles. The zero-order chi connectivity index (χ0) is 14.3. The first kappa shape index (κ1) is 21.6. The highest BCUT2D eigenvalue weighted by Crippen LogP contribution is 1.85. The fraction of sp³-hybridized carbons (Fsp3) is 0.800. The first-order chi connectivity index (χ1) is 7.87. The van der Waals surface area contributed by atoms with Gasteiger partial charge in [-0.05, 0) is 51.2 Å². The van der Waals surface area contributed by atoms with Gasteiger partial charge in [-0.2, -0.15) is 0 Å². The second-order valence-electron chi connectivity index (χ2n) is 2.94. The average Bonchev–Trinajstić information content (AvgIpc) is 2.20. The molecular weight excluding hydrogens is 258 g/mol. The van der Waals surface area contributed by atoms with Gasteiger partial charge in [-0.25, -0.2) is 0 Å². The van der Waals surface area contributed by atoms with E-state index >= 15 is 0 Å². The number of hydrogen-bond donors (Lipinski definition) is 4. The topological polar surface area (TPSA) is 95.7 Å². The van der Waals surface area contributed by atoms with E-state index in [1.807, 2.05) is 13.8 Å². The molecule has 0 aliphatic rings. The van der Waals surface area contributed by atoms with Crippen LogP contribution in [-0.4, -0.2) is 45.1 Å². The molecule has 0 aromatic carbocycles. The maximum absolute atomic E-state index is 8.67. The van der Waals surface area contributed by atoms with E-state index in [2.05, 4.69) is 37.1 Å². The Morgan fingerprint density at radius 1 is 1.12 bits per heavy atom. The molecule has 104 valence electrons. The quantitative estimate of drug-likeness (QED) is 0.583. The Bertz CT molecular complexity index is 182. The molecule has 5 nitrogen and oxygen atoms in total. The fourth-order valence-corrected chi connectivity index (χ4v) is 0.956. The van der Waals surface area contributed by atoms with E-state index in [1.165, 1.54) is 12.8 Å². The molecule has 0 saturated carbocycles. The lowest BCUT2D eigenvalue weighted by molar-refractivity contribution is 0.371. The van der Waals surface area contributed by atoms with Crippen LogP contribution < -0.4 is 11.5 Å². The van der Waals surface area contributed by atoms with Crippen molar-refractivity contribution in [3.8, 4) is 0 Å². The molecule has 0 aromatic rings. The van der Waals surface area contributed by atoms with E-state index in [4.69, 9.17) is 15.9 Å². The van der Waals surface area contributed by atoms with Crippen LogP contribution in [0.5, 0.6) is 0 Å². The van der Waals surface area contributed by atoms with Crippen LogP contribution in [0.2, 0.25) is 0 Å². The molecule has 0 heterocycles. The third kappa shape index (κ3) is 31.3. The van der Waals surface area contributed by atoms with Crippen molar-refractivity contribution in [2.75, 3.05) is 19.6 Å². The lowest BCUT2D eigenvalue weighted by Gasteiger charge is -2.15. The third-order valence-corrected chi connectivity index (χ3v) is 1.85. The van der Waals surface area contributed by atoms with Gasteiger partial charge >= 0.3 is 0 Å². The van der Waals surface area contributed by atoms with Gasteiger partial charge < -0.3 is 26.6 Å². The number of aliphatic hydroxyl groups is 2. The van der Waals surface area contributed by atoms with E-state index in [9.17, 15) is 0 Å². The summed E-state index contributed by atoms with van der Waals surface area (Å²) in [5.74, 6) is 0. The van der Waals surface area contributed by atoms with Crippen molar-refractivity contribution in [3.63, 3.8) is 0 Å². The molecule has 0 spiro atoms. The van der Waals surface area contributed by atoms with Crippen molar-refractivity contribution in [2.45, 2.75) is 33.6 Å². The van der Waals surface area contributed by atoms with Crippen LogP contribution in [-0.2, 0) is 0 Å². The van der Waals surface area contributed by atoms with E-state index in [0.29, 0.717) is 0 Å². The largest absolute Gasteiger partial charge is 0.487 e. The highest BCUT2D eigenvalue weighted by molar-refractivity contribution is 7.80. The van der Waals surface area contributed by atoms with Gasteiger partial charge in [0.2, 0.25) is 0 Å². The molecule has 0 amide bonds. The average molecular weight is 283 g/mol. The zero-order valence-electron chi connectivity index (χ0n) is 10.8. The van der Waals surface area contributed by atoms with Gasteiger partial charge in [0.1, 0.15) is 0 Å². The minimum absolute atomic E-state index is 0.00463. The number of hydrogen-bond acceptors (Lipinski definition) is 3. The van der Waals surface area contributed by atoms with Gasteiger partial charge in [0.25, 0.3) is 10.3 Å². The Balaban J connectivity index is -0.000000188. The smallest absolute Gasteiger partial charge is 0.256 e. The zero-order valence-corrected chi connectivity index (χ0v) is 12.5. The second-order valence-corrected chi connectivity index (χ2v) is 3.72. The minimum atomic E-state index is -0.500. The lowest BCUT2D eigenvalue weighted by atomic mass is 10.3. The molecule has 0 atom stereocenters. The van der Waals surface area contributed by atoms with E-state index in [-0.39, 0.29) is 5.17 Å². The summed E-state index contributed by atoms with van der Waals surface area (Å²) in [5.41, 5.74) is 9.54. The first-order valence-corrected chi connectivity index (χ1v) is 6.35. The number of nitrogens with zero attached hydrogens (tertiary/aromatic N) is 1. The summed E-state index contributed by atoms with van der Waals surface area (Å²) in [4.78, 5) is 1.70. The first-order valence-electron chi connectivity index (χ1n) is 5.53. The Morgan fingerprint density at radius 2 is 1.47 bits per heavy atom. The van der Waals surface area contributed by atoms with E-state index in [0.717, 1.165) is 19.6 Å². The Hall–Kier alpha value is -0.660. The van der Waals surface area contributed by atoms with Gasteiger partial charge in [-0.3, -0.25) is 0 Å². The Labute approximate surface area is 115 Å². The number of aliphatic hydroxyl groups excluding tert-OH is 2. The van der Waals surface area contributed by atoms with Crippen LogP contribution in [0.4, 0.5) is 0 Å². The van der Waals surface area contributed by atoms with Gasteiger partial charge in [-0.15, -0.1) is 0 Å². The van der Waals surface area contributed by atoms with Crippen molar-refractivity contribution in [1.82, 2.24) is 4.90 Å². The van der Waals surface area contributed by atoms with E-state index < -0.39 is 5.17 Å². The van der Waals surface area contributed by atoms with Crippen molar-refractivity contribution >= 4 is 34.8 Å². The summed E-state index contributed by atoms with van der Waals surface area (Å²) in [7, 11) is 0. The van der Waals surface area contributed by atoms with Crippen LogP contribution in [0, 0.1) is 0 Å². The molecule has 7 heteroatoms. The number of rotatable bonds is 4. The molecule has 0 rings (SSSR count). The Morgan fingerprint density at radius 3 is 1.47 bits per heavy atom. The molecule has 6 N–H and O–H groups in total. The number of thiocarbonyl (C=S) groups is 2. The molecule has 0 saturated heterocycles. The molecule has 0 bridgehead atoms. The van der Waals surface area contributed by atoms with Gasteiger partial charge in [0.15, 0.2) is 0 Å². The monoisotopic (exact) mass is 283 g/mol. The summed E-state index contributed by atoms with van der Waals surface area (Å²) in [6, 6.07) is 0. The molecule has 17 heavy (non-hydrogen) atoms. The number of nitrogens with two attached hydrogens (primary N) is 2. The van der Waals surface area contributed by atoms with Crippen molar-refractivity contribution in [3.05, 3.63) is 0 Å². The Kier molecular flexibility index (Phi) is 22.5. The molecule has 0 aliphatic heterocycles. The van der Waals surface area contributed by atoms with Crippen molar-refractivity contribution in [1.29, 1.82) is 0 Å². The standard InChI is InChI=1S/C5H11NOS.C4H11N.CH3NOS/c1-3-6(4-2)5(7)8;1-2-3-4-5;2-1(3)4/h3-4H2,1-2H3,(H,7,8);2-5H2,1H3;(H3,2,3,4). The maximum Gasteiger partial charge on any atom is 0.256 e. The predicted molar refractivity (Wildman–Crippen MR) is 81.5 cm³/mol. The molecule has 0 radical (unpaired) electrons. The van der Waals surface area contributed by atoms with Gasteiger partial charge in [-0.1, -0.05) is 13.3 Å². The van der Waals surface area contributed by atoms with Gasteiger partial charge in [0, 0.05) is 13.1 Å². The van der Waals surface area contributed by atoms with Crippen LogP contribution in [0.1, 0.15) is 33.6 Å². The number of unbranched alkanes of at least 4 members (excludes halogenated alkanes) is 1. The third-order valence-electron chi connectivity index (χ3n) is 1.59. The summed E-state index contributed by atoms with van der Waals surface area (Å²) in [6.45, 7) is 8.44.